The molecule has 1 aliphatic rings. The van der Waals surface area contributed by atoms with E-state index in [-0.39, 0.29) is 22.8 Å². The van der Waals surface area contributed by atoms with Crippen molar-refractivity contribution in [2.24, 2.45) is 5.41 Å². The van der Waals surface area contributed by atoms with E-state index in [9.17, 15) is 13.2 Å². The molecule has 6 nitrogen and oxygen atoms in total. The van der Waals surface area contributed by atoms with E-state index in [1.165, 1.54) is 12.1 Å². The molecule has 0 aromatic heterocycles. The number of carbonyl (C=O) groups is 1. The SMILES string of the molecule is O=COC(CC1(COCc2ccccc2)CCNCC1)S(=O)(=O)c1ccccc1Cl. The first-order valence-electron chi connectivity index (χ1n) is 9.87. The van der Waals surface area contributed by atoms with Crippen molar-refractivity contribution in [2.75, 3.05) is 19.7 Å². The van der Waals surface area contributed by atoms with Gasteiger partial charge in [-0.1, -0.05) is 54.1 Å². The highest BCUT2D eigenvalue weighted by atomic mass is 35.5. The second-order valence-electron chi connectivity index (χ2n) is 7.57. The van der Waals surface area contributed by atoms with E-state index in [2.05, 4.69) is 5.32 Å². The molecule has 2 aromatic carbocycles. The lowest BCUT2D eigenvalue weighted by Gasteiger charge is -2.39. The summed E-state index contributed by atoms with van der Waals surface area (Å²) in [5.41, 5.74) is -0.707. The van der Waals surface area contributed by atoms with Crippen molar-refractivity contribution in [2.45, 2.75) is 36.2 Å². The zero-order valence-corrected chi connectivity index (χ0v) is 18.2. The van der Waals surface area contributed by atoms with Crippen LogP contribution in [-0.4, -0.2) is 40.0 Å². The van der Waals surface area contributed by atoms with Crippen LogP contribution in [-0.2, 0) is 30.7 Å². The van der Waals surface area contributed by atoms with Crippen LogP contribution < -0.4 is 5.32 Å². The molecule has 0 bridgehead atoms. The average Bonchev–Trinajstić information content (AvgIpc) is 2.75. The molecule has 1 saturated heterocycles. The summed E-state index contributed by atoms with van der Waals surface area (Å²) >= 11 is 6.12. The molecule has 1 fully saturated rings. The van der Waals surface area contributed by atoms with Crippen molar-refractivity contribution in [3.63, 3.8) is 0 Å². The highest BCUT2D eigenvalue weighted by Crippen LogP contribution is 2.38. The predicted molar refractivity (Wildman–Crippen MR) is 115 cm³/mol. The Kier molecular flexibility index (Phi) is 7.88. The molecular formula is C22H26ClNO5S. The van der Waals surface area contributed by atoms with Crippen LogP contribution in [0.5, 0.6) is 0 Å². The summed E-state index contributed by atoms with van der Waals surface area (Å²) in [6.45, 7) is 2.49. The summed E-state index contributed by atoms with van der Waals surface area (Å²) < 4.78 is 37.6. The Labute approximate surface area is 182 Å². The van der Waals surface area contributed by atoms with Gasteiger partial charge in [0.25, 0.3) is 6.47 Å². The van der Waals surface area contributed by atoms with Crippen LogP contribution in [0.4, 0.5) is 0 Å². The normalized spacial score (nSPS) is 17.2. The maximum atomic E-state index is 13.2. The van der Waals surface area contributed by atoms with Gasteiger partial charge in [-0.25, -0.2) is 8.42 Å². The van der Waals surface area contributed by atoms with E-state index < -0.39 is 20.7 Å². The van der Waals surface area contributed by atoms with Gasteiger partial charge in [-0.15, -0.1) is 0 Å². The fourth-order valence-electron chi connectivity index (χ4n) is 3.79. The van der Waals surface area contributed by atoms with Crippen LogP contribution in [0.2, 0.25) is 5.02 Å². The molecule has 1 heterocycles. The molecule has 1 aliphatic heterocycles. The lowest BCUT2D eigenvalue weighted by Crippen LogP contribution is -2.43. The van der Waals surface area contributed by atoms with Gasteiger partial charge in [0.2, 0.25) is 15.3 Å². The highest BCUT2D eigenvalue weighted by molar-refractivity contribution is 7.92. The molecule has 1 atom stereocenters. The van der Waals surface area contributed by atoms with E-state index in [0.717, 1.165) is 31.5 Å². The Morgan fingerprint density at radius 3 is 2.40 bits per heavy atom. The van der Waals surface area contributed by atoms with Crippen LogP contribution in [0, 0.1) is 5.41 Å². The third kappa shape index (κ3) is 5.60. The summed E-state index contributed by atoms with van der Waals surface area (Å²) in [6, 6.07) is 16.0. The zero-order valence-electron chi connectivity index (χ0n) is 16.6. The van der Waals surface area contributed by atoms with Gasteiger partial charge in [-0.2, -0.15) is 0 Å². The van der Waals surface area contributed by atoms with Gasteiger partial charge in [-0.3, -0.25) is 4.79 Å². The van der Waals surface area contributed by atoms with Crippen LogP contribution in [0.15, 0.2) is 59.5 Å². The van der Waals surface area contributed by atoms with E-state index in [1.807, 2.05) is 30.3 Å². The lowest BCUT2D eigenvalue weighted by molar-refractivity contribution is -0.132. The molecule has 2 aromatic rings. The van der Waals surface area contributed by atoms with Crippen LogP contribution in [0.1, 0.15) is 24.8 Å². The van der Waals surface area contributed by atoms with Gasteiger partial charge in [0.1, 0.15) is 0 Å². The summed E-state index contributed by atoms with van der Waals surface area (Å²) in [4.78, 5) is 11.1. The Balaban J connectivity index is 1.80. The summed E-state index contributed by atoms with van der Waals surface area (Å²) in [7, 11) is -3.97. The van der Waals surface area contributed by atoms with Crippen LogP contribution >= 0.6 is 11.6 Å². The standard InChI is InChI=1S/C22H26ClNO5S/c23-19-8-4-5-9-20(19)30(26,27)21(29-17-25)14-22(10-12-24-13-11-22)16-28-15-18-6-2-1-3-7-18/h1-9,17,21,24H,10-16H2. The van der Waals surface area contributed by atoms with E-state index in [0.29, 0.717) is 13.2 Å². The predicted octanol–water partition coefficient (Wildman–Crippen LogP) is 3.59. The highest BCUT2D eigenvalue weighted by Gasteiger charge is 2.41. The maximum absolute atomic E-state index is 13.2. The quantitative estimate of drug-likeness (QED) is 0.556. The van der Waals surface area contributed by atoms with Gasteiger partial charge in [0.15, 0.2) is 0 Å². The Hall–Kier alpha value is -1.93. The molecule has 0 saturated carbocycles. The molecule has 8 heteroatoms. The molecule has 3 rings (SSSR count). The summed E-state index contributed by atoms with van der Waals surface area (Å²) in [5.74, 6) is 0. The number of halogens is 1. The third-order valence-electron chi connectivity index (χ3n) is 5.48. The van der Waals surface area contributed by atoms with Crippen molar-refractivity contribution >= 4 is 27.9 Å². The molecule has 1 unspecified atom stereocenters. The number of sulfone groups is 1. The molecule has 30 heavy (non-hydrogen) atoms. The van der Waals surface area contributed by atoms with E-state index in [1.54, 1.807) is 12.1 Å². The number of rotatable bonds is 10. The van der Waals surface area contributed by atoms with Crippen molar-refractivity contribution < 1.29 is 22.7 Å². The number of carbonyl (C=O) groups excluding carboxylic acids is 1. The first kappa shape index (κ1) is 22.7. The van der Waals surface area contributed by atoms with Crippen molar-refractivity contribution in [1.29, 1.82) is 0 Å². The molecule has 0 spiro atoms. The number of hydrogen-bond donors (Lipinski definition) is 1. The second-order valence-corrected chi connectivity index (χ2v) is 10.0. The number of ether oxygens (including phenoxy) is 2. The van der Waals surface area contributed by atoms with E-state index >= 15 is 0 Å². The third-order valence-corrected chi connectivity index (χ3v) is 7.86. The zero-order chi connectivity index (χ0) is 21.5. The minimum Gasteiger partial charge on any atom is -0.448 e. The Morgan fingerprint density at radius 2 is 1.73 bits per heavy atom. The molecule has 0 aliphatic carbocycles. The average molecular weight is 452 g/mol. The molecule has 0 amide bonds. The van der Waals surface area contributed by atoms with Crippen molar-refractivity contribution in [3.8, 4) is 0 Å². The Morgan fingerprint density at radius 1 is 1.07 bits per heavy atom. The van der Waals surface area contributed by atoms with E-state index in [4.69, 9.17) is 21.1 Å². The Bertz CT molecular complexity index is 930. The minimum absolute atomic E-state index is 0.0344. The van der Waals surface area contributed by atoms with Crippen LogP contribution in [0.3, 0.4) is 0 Å². The van der Waals surface area contributed by atoms with Gasteiger partial charge in [0, 0.05) is 11.8 Å². The first-order valence-corrected chi connectivity index (χ1v) is 11.8. The number of benzene rings is 2. The lowest BCUT2D eigenvalue weighted by atomic mass is 9.77. The number of nitrogens with one attached hydrogen (secondary N) is 1. The second kappa shape index (κ2) is 10.4. The summed E-state index contributed by atoms with van der Waals surface area (Å²) in [5, 5.41) is 3.40. The van der Waals surface area contributed by atoms with Crippen LogP contribution in [0.25, 0.3) is 0 Å². The van der Waals surface area contributed by atoms with Crippen molar-refractivity contribution in [3.05, 3.63) is 65.2 Å². The smallest absolute Gasteiger partial charge is 0.294 e. The summed E-state index contributed by atoms with van der Waals surface area (Å²) in [6.07, 6.45) is 1.59. The molecule has 162 valence electrons. The maximum Gasteiger partial charge on any atom is 0.294 e. The van der Waals surface area contributed by atoms with Gasteiger partial charge >= 0.3 is 0 Å². The van der Waals surface area contributed by atoms with Gasteiger partial charge in [0.05, 0.1) is 23.1 Å². The van der Waals surface area contributed by atoms with Gasteiger partial charge < -0.3 is 14.8 Å². The fourth-order valence-corrected chi connectivity index (χ4v) is 5.90. The minimum atomic E-state index is -3.97. The molecule has 1 N–H and O–H groups in total. The monoisotopic (exact) mass is 451 g/mol. The fraction of sp³-hybridized carbons (Fsp3) is 0.409. The topological polar surface area (TPSA) is 81.7 Å². The molecule has 0 radical (unpaired) electrons. The largest absolute Gasteiger partial charge is 0.448 e. The van der Waals surface area contributed by atoms with Gasteiger partial charge in [-0.05, 0) is 43.6 Å². The van der Waals surface area contributed by atoms with Crippen molar-refractivity contribution in [1.82, 2.24) is 5.32 Å². The molecular weight excluding hydrogens is 426 g/mol. The first-order chi connectivity index (χ1) is 14.5. The number of piperidine rings is 1. The number of hydrogen-bond acceptors (Lipinski definition) is 6.